The molecular weight excluding hydrogens is 254 g/mol. The number of hydrogen-bond donors (Lipinski definition) is 1. The average molecular weight is 268 g/mol. The maximum absolute atomic E-state index is 5.58. The molecule has 0 saturated heterocycles. The van der Waals surface area contributed by atoms with Crippen molar-refractivity contribution in [2.24, 2.45) is 5.73 Å². The normalized spacial score (nSPS) is 11.1. The van der Waals surface area contributed by atoms with E-state index in [0.29, 0.717) is 6.54 Å². The predicted molar refractivity (Wildman–Crippen MR) is 65.0 cm³/mol. The van der Waals surface area contributed by atoms with Crippen LogP contribution in [0, 0.1) is 0 Å². The molecule has 0 radical (unpaired) electrons. The largest absolute Gasteiger partial charge is 0.330 e. The molecule has 0 aliphatic heterocycles. The second kappa shape index (κ2) is 4.33. The van der Waals surface area contributed by atoms with Gasteiger partial charge in [0.05, 0.1) is 5.69 Å². The zero-order chi connectivity index (χ0) is 10.8. The smallest absolute Gasteiger partial charge is 0.141 e. The van der Waals surface area contributed by atoms with E-state index in [1.54, 1.807) is 0 Å². The Bertz CT molecular complexity index is 476. The van der Waals surface area contributed by atoms with Crippen LogP contribution in [-0.2, 0) is 12.8 Å². The van der Waals surface area contributed by atoms with Crippen LogP contribution in [0.1, 0.15) is 18.2 Å². The number of aromatic nitrogens is 2. The number of rotatable bonds is 3. The molecule has 2 aromatic rings. The Morgan fingerprint density at radius 1 is 1.53 bits per heavy atom. The highest BCUT2D eigenvalue weighted by atomic mass is 79.9. The number of fused-ring (bicyclic) bond motifs is 1. The minimum absolute atomic E-state index is 0.658. The Balaban J connectivity index is 2.65. The summed E-state index contributed by atoms with van der Waals surface area (Å²) < 4.78 is 3.13. The molecule has 4 heteroatoms. The third kappa shape index (κ3) is 1.79. The lowest BCUT2D eigenvalue weighted by Crippen LogP contribution is -2.04. The summed E-state index contributed by atoms with van der Waals surface area (Å²) in [6.07, 6.45) is 3.83. The molecule has 0 bridgehead atoms. The summed E-state index contributed by atoms with van der Waals surface area (Å²) in [6.45, 7) is 2.76. The van der Waals surface area contributed by atoms with E-state index >= 15 is 0 Å². The summed E-state index contributed by atoms with van der Waals surface area (Å²) in [7, 11) is 0. The highest BCUT2D eigenvalue weighted by Crippen LogP contribution is 2.21. The van der Waals surface area contributed by atoms with Gasteiger partial charge in [0.15, 0.2) is 0 Å². The highest BCUT2D eigenvalue weighted by molar-refractivity contribution is 9.10. The summed E-state index contributed by atoms with van der Waals surface area (Å²) in [6, 6.07) is 4.12. The summed E-state index contributed by atoms with van der Waals surface area (Å²) in [5.74, 6) is 0. The van der Waals surface area contributed by atoms with Gasteiger partial charge in [0.25, 0.3) is 0 Å². The molecule has 2 N–H and O–H groups in total. The average Bonchev–Trinajstić information content (AvgIpc) is 2.58. The first-order valence-electron chi connectivity index (χ1n) is 5.12. The summed E-state index contributed by atoms with van der Waals surface area (Å²) >= 11 is 3.57. The Morgan fingerprint density at radius 3 is 3.00 bits per heavy atom. The van der Waals surface area contributed by atoms with Crippen LogP contribution < -0.4 is 5.73 Å². The highest BCUT2D eigenvalue weighted by Gasteiger charge is 2.10. The maximum Gasteiger partial charge on any atom is 0.141 e. The Morgan fingerprint density at radius 2 is 2.33 bits per heavy atom. The molecule has 80 valence electrons. The van der Waals surface area contributed by atoms with Crippen LogP contribution in [0.15, 0.2) is 22.9 Å². The lowest BCUT2D eigenvalue weighted by molar-refractivity contribution is 0.958. The van der Waals surface area contributed by atoms with Crippen molar-refractivity contribution in [3.8, 4) is 0 Å². The van der Waals surface area contributed by atoms with Crippen LogP contribution in [0.2, 0.25) is 0 Å². The number of pyridine rings is 1. The van der Waals surface area contributed by atoms with E-state index in [2.05, 4.69) is 38.3 Å². The van der Waals surface area contributed by atoms with Crippen LogP contribution in [0.3, 0.4) is 0 Å². The zero-order valence-corrected chi connectivity index (χ0v) is 10.3. The van der Waals surface area contributed by atoms with E-state index in [1.165, 1.54) is 5.56 Å². The van der Waals surface area contributed by atoms with Gasteiger partial charge in [-0.05, 0) is 46.9 Å². The van der Waals surface area contributed by atoms with Gasteiger partial charge in [-0.25, -0.2) is 4.98 Å². The van der Waals surface area contributed by atoms with Gasteiger partial charge in [-0.15, -0.1) is 0 Å². The molecule has 2 heterocycles. The van der Waals surface area contributed by atoms with Crippen molar-refractivity contribution in [2.45, 2.75) is 19.8 Å². The number of halogens is 1. The lowest BCUT2D eigenvalue weighted by Gasteiger charge is -2.01. The maximum atomic E-state index is 5.58. The standard InChI is InChI=1S/C11H14BrN3/c1-2-9-10(12)15-7-3-4-8(5-6-13)11(15)14-9/h3-4,7H,2,5-6,13H2,1H3. The Kier molecular flexibility index (Phi) is 3.07. The van der Waals surface area contributed by atoms with Crippen molar-refractivity contribution in [1.29, 1.82) is 0 Å². The van der Waals surface area contributed by atoms with Gasteiger partial charge in [0.1, 0.15) is 10.3 Å². The molecular formula is C11H14BrN3. The van der Waals surface area contributed by atoms with Gasteiger partial charge in [-0.2, -0.15) is 0 Å². The number of aryl methyl sites for hydroxylation is 1. The molecule has 0 spiro atoms. The van der Waals surface area contributed by atoms with E-state index in [0.717, 1.165) is 28.8 Å². The van der Waals surface area contributed by atoms with Crippen molar-refractivity contribution in [3.05, 3.63) is 34.2 Å². The van der Waals surface area contributed by atoms with E-state index < -0.39 is 0 Å². The number of imidazole rings is 1. The van der Waals surface area contributed by atoms with Crippen molar-refractivity contribution < 1.29 is 0 Å². The predicted octanol–water partition coefficient (Wildman–Crippen LogP) is 2.16. The summed E-state index contributed by atoms with van der Waals surface area (Å²) in [5, 5.41) is 0. The van der Waals surface area contributed by atoms with Crippen LogP contribution in [0.25, 0.3) is 5.65 Å². The fraction of sp³-hybridized carbons (Fsp3) is 0.364. The molecule has 0 unspecified atom stereocenters. The molecule has 0 fully saturated rings. The molecule has 2 aromatic heterocycles. The van der Waals surface area contributed by atoms with Gasteiger partial charge in [-0.3, -0.25) is 4.40 Å². The molecule has 15 heavy (non-hydrogen) atoms. The van der Waals surface area contributed by atoms with Gasteiger partial charge in [0, 0.05) is 6.20 Å². The first kappa shape index (κ1) is 10.6. The minimum atomic E-state index is 0.658. The fourth-order valence-corrected chi connectivity index (χ4v) is 2.37. The first-order chi connectivity index (χ1) is 7.27. The summed E-state index contributed by atoms with van der Waals surface area (Å²) in [4.78, 5) is 4.61. The van der Waals surface area contributed by atoms with E-state index in [1.807, 2.05) is 12.3 Å². The SMILES string of the molecule is CCc1nc2c(CCN)cccn2c1Br. The minimum Gasteiger partial charge on any atom is -0.330 e. The van der Waals surface area contributed by atoms with Gasteiger partial charge < -0.3 is 5.73 Å². The van der Waals surface area contributed by atoms with E-state index in [9.17, 15) is 0 Å². The zero-order valence-electron chi connectivity index (χ0n) is 8.70. The molecule has 0 aliphatic carbocycles. The quantitative estimate of drug-likeness (QED) is 0.927. The van der Waals surface area contributed by atoms with Gasteiger partial charge >= 0.3 is 0 Å². The monoisotopic (exact) mass is 267 g/mol. The van der Waals surface area contributed by atoms with E-state index in [-0.39, 0.29) is 0 Å². The topological polar surface area (TPSA) is 43.3 Å². The van der Waals surface area contributed by atoms with Crippen LogP contribution >= 0.6 is 15.9 Å². The molecule has 2 rings (SSSR count). The molecule has 0 aromatic carbocycles. The molecule has 0 amide bonds. The van der Waals surface area contributed by atoms with Crippen molar-refractivity contribution >= 4 is 21.6 Å². The van der Waals surface area contributed by atoms with Crippen LogP contribution in [-0.4, -0.2) is 15.9 Å². The lowest BCUT2D eigenvalue weighted by atomic mass is 10.2. The second-order valence-corrected chi connectivity index (χ2v) is 4.22. The van der Waals surface area contributed by atoms with Gasteiger partial charge in [-0.1, -0.05) is 13.0 Å². The first-order valence-corrected chi connectivity index (χ1v) is 5.91. The van der Waals surface area contributed by atoms with Crippen LogP contribution in [0.5, 0.6) is 0 Å². The van der Waals surface area contributed by atoms with Gasteiger partial charge in [0.2, 0.25) is 0 Å². The number of nitrogens with zero attached hydrogens (tertiary/aromatic N) is 2. The Hall–Kier alpha value is -0.870. The number of hydrogen-bond acceptors (Lipinski definition) is 2. The fourth-order valence-electron chi connectivity index (χ4n) is 1.72. The van der Waals surface area contributed by atoms with E-state index in [4.69, 9.17) is 5.73 Å². The Labute approximate surface area is 97.4 Å². The number of nitrogens with two attached hydrogens (primary N) is 1. The molecule has 3 nitrogen and oxygen atoms in total. The summed E-state index contributed by atoms with van der Waals surface area (Å²) in [5.41, 5.74) is 8.91. The van der Waals surface area contributed by atoms with Crippen molar-refractivity contribution in [3.63, 3.8) is 0 Å². The molecule has 0 atom stereocenters. The third-order valence-corrected chi connectivity index (χ3v) is 3.33. The van der Waals surface area contributed by atoms with Crippen LogP contribution in [0.4, 0.5) is 0 Å². The van der Waals surface area contributed by atoms with Crippen molar-refractivity contribution in [1.82, 2.24) is 9.38 Å². The molecule has 0 saturated carbocycles. The third-order valence-electron chi connectivity index (χ3n) is 2.49. The molecule has 0 aliphatic rings. The van der Waals surface area contributed by atoms with Crippen molar-refractivity contribution in [2.75, 3.05) is 6.54 Å². The second-order valence-electron chi connectivity index (χ2n) is 3.47.